The fourth-order valence-electron chi connectivity index (χ4n) is 2.35. The quantitative estimate of drug-likeness (QED) is 0.636. The number of carbonyl (C=O) groups excluding carboxylic acids is 1. The SMILES string of the molecule is Cc1cc(F)ccc1NC(=O)c1sc(COc2ccc(Cl)cc2)nc1C. The first kappa shape index (κ1) is 18.4. The minimum atomic E-state index is -0.337. The molecule has 4 nitrogen and oxygen atoms in total. The molecule has 0 aliphatic rings. The van der Waals surface area contributed by atoms with Crippen LogP contribution in [0.1, 0.15) is 25.9 Å². The molecule has 1 aromatic heterocycles. The second-order valence-electron chi connectivity index (χ2n) is 5.68. The average Bonchev–Trinajstić information content (AvgIpc) is 2.98. The van der Waals surface area contributed by atoms with E-state index in [0.29, 0.717) is 37.6 Å². The van der Waals surface area contributed by atoms with Gasteiger partial charge in [-0.25, -0.2) is 9.37 Å². The number of hydrogen-bond donors (Lipinski definition) is 1. The second-order valence-corrected chi connectivity index (χ2v) is 7.20. The summed E-state index contributed by atoms with van der Waals surface area (Å²) in [5.74, 6) is 0.0683. The maximum atomic E-state index is 13.2. The zero-order valence-corrected chi connectivity index (χ0v) is 15.7. The summed E-state index contributed by atoms with van der Waals surface area (Å²) in [4.78, 5) is 17.4. The summed E-state index contributed by atoms with van der Waals surface area (Å²) in [6, 6.07) is 11.3. The van der Waals surface area contributed by atoms with E-state index >= 15 is 0 Å². The molecule has 1 heterocycles. The number of nitrogens with one attached hydrogen (secondary N) is 1. The van der Waals surface area contributed by atoms with Crippen LogP contribution >= 0.6 is 22.9 Å². The number of halogens is 2. The molecular formula is C19H16ClFN2O2S. The molecule has 0 unspecified atom stereocenters. The Morgan fingerprint density at radius 1 is 1.23 bits per heavy atom. The Hall–Kier alpha value is -2.44. The van der Waals surface area contributed by atoms with Crippen molar-refractivity contribution < 1.29 is 13.9 Å². The summed E-state index contributed by atoms with van der Waals surface area (Å²) in [5.41, 5.74) is 1.86. The second kappa shape index (κ2) is 7.85. The monoisotopic (exact) mass is 390 g/mol. The van der Waals surface area contributed by atoms with Crippen molar-refractivity contribution in [2.24, 2.45) is 0 Å². The average molecular weight is 391 g/mol. The highest BCUT2D eigenvalue weighted by Gasteiger charge is 2.16. The van der Waals surface area contributed by atoms with Crippen molar-refractivity contribution in [2.75, 3.05) is 5.32 Å². The standard InChI is InChI=1S/C19H16ClFN2O2S/c1-11-9-14(21)5-8-16(11)23-19(24)18-12(2)22-17(26-18)10-25-15-6-3-13(20)4-7-15/h3-9H,10H2,1-2H3,(H,23,24). The molecule has 0 atom stereocenters. The van der Waals surface area contributed by atoms with Crippen molar-refractivity contribution in [2.45, 2.75) is 20.5 Å². The number of thiazole rings is 1. The predicted molar refractivity (Wildman–Crippen MR) is 102 cm³/mol. The number of rotatable bonds is 5. The van der Waals surface area contributed by atoms with Crippen LogP contribution in [-0.2, 0) is 6.61 Å². The molecule has 0 bridgehead atoms. The van der Waals surface area contributed by atoms with Crippen LogP contribution in [-0.4, -0.2) is 10.9 Å². The summed E-state index contributed by atoms with van der Waals surface area (Å²) in [6.07, 6.45) is 0. The zero-order chi connectivity index (χ0) is 18.7. The van der Waals surface area contributed by atoms with Crippen LogP contribution in [0.15, 0.2) is 42.5 Å². The van der Waals surface area contributed by atoms with Crippen LogP contribution < -0.4 is 10.1 Å². The number of ether oxygens (including phenoxy) is 1. The van der Waals surface area contributed by atoms with Crippen LogP contribution in [0.3, 0.4) is 0 Å². The van der Waals surface area contributed by atoms with E-state index in [4.69, 9.17) is 16.3 Å². The maximum Gasteiger partial charge on any atom is 0.267 e. The Morgan fingerprint density at radius 2 is 1.96 bits per heavy atom. The van der Waals surface area contributed by atoms with Gasteiger partial charge in [0.1, 0.15) is 28.1 Å². The Kier molecular flexibility index (Phi) is 5.54. The maximum absolute atomic E-state index is 13.2. The zero-order valence-electron chi connectivity index (χ0n) is 14.2. The number of carbonyl (C=O) groups is 1. The van der Waals surface area contributed by atoms with E-state index in [2.05, 4.69) is 10.3 Å². The highest BCUT2D eigenvalue weighted by atomic mass is 35.5. The number of aromatic nitrogens is 1. The van der Waals surface area contributed by atoms with Crippen molar-refractivity contribution in [3.8, 4) is 5.75 Å². The summed E-state index contributed by atoms with van der Waals surface area (Å²) in [7, 11) is 0. The van der Waals surface area contributed by atoms with Crippen LogP contribution in [0.2, 0.25) is 5.02 Å². The van der Waals surface area contributed by atoms with Gasteiger partial charge < -0.3 is 10.1 Å². The number of benzene rings is 2. The lowest BCUT2D eigenvalue weighted by molar-refractivity contribution is 0.102. The van der Waals surface area contributed by atoms with E-state index in [-0.39, 0.29) is 18.3 Å². The molecule has 3 aromatic rings. The fraction of sp³-hybridized carbons (Fsp3) is 0.158. The lowest BCUT2D eigenvalue weighted by Crippen LogP contribution is -2.12. The van der Waals surface area contributed by atoms with E-state index in [0.717, 1.165) is 0 Å². The molecule has 0 radical (unpaired) electrons. The highest BCUT2D eigenvalue weighted by molar-refractivity contribution is 7.13. The molecule has 1 N–H and O–H groups in total. The summed E-state index contributed by atoms with van der Waals surface area (Å²) < 4.78 is 18.8. The smallest absolute Gasteiger partial charge is 0.267 e. The Balaban J connectivity index is 1.68. The van der Waals surface area contributed by atoms with Gasteiger partial charge in [-0.05, 0) is 61.9 Å². The van der Waals surface area contributed by atoms with Crippen LogP contribution in [0.4, 0.5) is 10.1 Å². The van der Waals surface area contributed by atoms with E-state index < -0.39 is 0 Å². The summed E-state index contributed by atoms with van der Waals surface area (Å²) in [6.45, 7) is 3.77. The first-order valence-electron chi connectivity index (χ1n) is 7.84. The molecule has 0 saturated carbocycles. The van der Waals surface area contributed by atoms with Gasteiger partial charge in [0.15, 0.2) is 0 Å². The van der Waals surface area contributed by atoms with Crippen LogP contribution in [0.5, 0.6) is 5.75 Å². The largest absolute Gasteiger partial charge is 0.486 e. The van der Waals surface area contributed by atoms with Crippen molar-refractivity contribution in [3.63, 3.8) is 0 Å². The normalized spacial score (nSPS) is 10.6. The van der Waals surface area contributed by atoms with Gasteiger partial charge in [-0.1, -0.05) is 11.6 Å². The van der Waals surface area contributed by atoms with Gasteiger partial charge >= 0.3 is 0 Å². The van der Waals surface area contributed by atoms with Gasteiger partial charge in [-0.2, -0.15) is 0 Å². The molecule has 26 heavy (non-hydrogen) atoms. The first-order valence-corrected chi connectivity index (χ1v) is 9.04. The van der Waals surface area contributed by atoms with Gasteiger partial charge in [0, 0.05) is 10.7 Å². The third-order valence-electron chi connectivity index (χ3n) is 3.66. The molecule has 0 saturated heterocycles. The van der Waals surface area contributed by atoms with E-state index in [1.54, 1.807) is 44.2 Å². The lowest BCUT2D eigenvalue weighted by Gasteiger charge is -2.07. The number of hydrogen-bond acceptors (Lipinski definition) is 4. The molecule has 3 rings (SSSR count). The van der Waals surface area contributed by atoms with E-state index in [1.807, 2.05) is 0 Å². The molecule has 2 aromatic carbocycles. The number of nitrogens with zero attached hydrogens (tertiary/aromatic N) is 1. The highest BCUT2D eigenvalue weighted by Crippen LogP contribution is 2.23. The topological polar surface area (TPSA) is 51.2 Å². The summed E-state index contributed by atoms with van der Waals surface area (Å²) in [5, 5.41) is 4.13. The third-order valence-corrected chi connectivity index (χ3v) is 5.04. The van der Waals surface area contributed by atoms with Gasteiger partial charge in [0.2, 0.25) is 0 Å². The molecular weight excluding hydrogens is 375 g/mol. The number of amides is 1. The van der Waals surface area contributed by atoms with Gasteiger partial charge in [-0.3, -0.25) is 4.79 Å². The molecule has 1 amide bonds. The molecule has 7 heteroatoms. The first-order chi connectivity index (χ1) is 12.4. The molecule has 0 spiro atoms. The minimum absolute atomic E-state index is 0.260. The van der Waals surface area contributed by atoms with Crippen molar-refractivity contribution in [1.82, 2.24) is 4.98 Å². The predicted octanol–water partition coefficient (Wildman–Crippen LogP) is 5.38. The van der Waals surface area contributed by atoms with Crippen molar-refractivity contribution in [1.29, 1.82) is 0 Å². The van der Waals surface area contributed by atoms with Crippen LogP contribution in [0.25, 0.3) is 0 Å². The van der Waals surface area contributed by atoms with E-state index in [9.17, 15) is 9.18 Å². The third kappa shape index (κ3) is 4.39. The lowest BCUT2D eigenvalue weighted by atomic mass is 10.2. The Labute approximate surface area is 159 Å². The van der Waals surface area contributed by atoms with E-state index in [1.165, 1.54) is 23.5 Å². The molecule has 134 valence electrons. The number of anilines is 1. The summed E-state index contributed by atoms with van der Waals surface area (Å²) >= 11 is 7.11. The molecule has 0 fully saturated rings. The van der Waals surface area contributed by atoms with Gasteiger partial charge in [0.05, 0.1) is 5.69 Å². The Bertz CT molecular complexity index is 941. The Morgan fingerprint density at radius 3 is 2.65 bits per heavy atom. The van der Waals surface area contributed by atoms with Crippen molar-refractivity contribution >= 4 is 34.5 Å². The molecule has 0 aliphatic heterocycles. The van der Waals surface area contributed by atoms with Crippen LogP contribution in [0, 0.1) is 19.7 Å². The van der Waals surface area contributed by atoms with Gasteiger partial charge in [0.25, 0.3) is 5.91 Å². The minimum Gasteiger partial charge on any atom is -0.486 e. The van der Waals surface area contributed by atoms with Gasteiger partial charge in [-0.15, -0.1) is 11.3 Å². The molecule has 0 aliphatic carbocycles. The van der Waals surface area contributed by atoms with Crippen molar-refractivity contribution in [3.05, 3.63) is 74.4 Å². The number of aryl methyl sites for hydroxylation is 2. The fourth-order valence-corrected chi connectivity index (χ4v) is 3.35.